The highest BCUT2D eigenvalue weighted by molar-refractivity contribution is 5.50. The molecule has 0 aromatic heterocycles. The highest BCUT2D eigenvalue weighted by Gasteiger charge is 1.96. The molecule has 2 nitrogen and oxygen atoms in total. The first-order chi connectivity index (χ1) is 9.25. The van der Waals surface area contributed by atoms with Gasteiger partial charge in [0.1, 0.15) is 0 Å². The van der Waals surface area contributed by atoms with Crippen molar-refractivity contribution in [3.05, 3.63) is 71.9 Å². The van der Waals surface area contributed by atoms with Crippen molar-refractivity contribution in [1.82, 2.24) is 5.43 Å². The summed E-state index contributed by atoms with van der Waals surface area (Å²) >= 11 is 0. The number of anilines is 1. The summed E-state index contributed by atoms with van der Waals surface area (Å²) in [4.78, 5) is 0. The van der Waals surface area contributed by atoms with Gasteiger partial charge in [-0.05, 0) is 35.3 Å². The van der Waals surface area contributed by atoms with Crippen molar-refractivity contribution in [3.8, 4) is 0 Å². The van der Waals surface area contributed by atoms with Crippen LogP contribution in [0.25, 0.3) is 6.08 Å². The van der Waals surface area contributed by atoms with Gasteiger partial charge in [-0.2, -0.15) is 0 Å². The van der Waals surface area contributed by atoms with Crippen LogP contribution in [0.4, 0.5) is 5.69 Å². The fraction of sp³-hybridized carbons (Fsp3) is 0.176. The van der Waals surface area contributed by atoms with Gasteiger partial charge < -0.3 is 10.9 Å². The first kappa shape index (κ1) is 13.2. The normalized spacial score (nSPS) is 10.9. The second-order valence-electron chi connectivity index (χ2n) is 4.79. The van der Waals surface area contributed by atoms with Crippen molar-refractivity contribution in [1.29, 1.82) is 0 Å². The Morgan fingerprint density at radius 1 is 0.895 bits per heavy atom. The van der Waals surface area contributed by atoms with Crippen LogP contribution in [-0.4, -0.2) is 0 Å². The number of hydrogen-bond acceptors (Lipinski definition) is 2. The molecule has 0 radical (unpaired) electrons. The molecule has 2 N–H and O–H groups in total. The first-order valence-electron chi connectivity index (χ1n) is 6.59. The van der Waals surface area contributed by atoms with E-state index in [4.69, 9.17) is 0 Å². The molecule has 0 saturated heterocycles. The molecule has 2 aromatic carbocycles. The zero-order valence-electron chi connectivity index (χ0n) is 11.4. The summed E-state index contributed by atoms with van der Waals surface area (Å²) in [7, 11) is 0. The SMILES string of the molecule is CC(C)c1ccc(C=CNNc2ccccc2)cc1. The number of benzene rings is 2. The quantitative estimate of drug-likeness (QED) is 0.771. The zero-order chi connectivity index (χ0) is 13.5. The topological polar surface area (TPSA) is 24.1 Å². The Bertz CT molecular complexity index is 513. The molecule has 2 heteroatoms. The number of para-hydroxylation sites is 1. The second kappa shape index (κ2) is 6.64. The highest BCUT2D eigenvalue weighted by atomic mass is 15.3. The van der Waals surface area contributed by atoms with E-state index in [1.54, 1.807) is 0 Å². The third-order valence-electron chi connectivity index (χ3n) is 2.95. The zero-order valence-corrected chi connectivity index (χ0v) is 11.4. The Labute approximate surface area is 115 Å². The summed E-state index contributed by atoms with van der Waals surface area (Å²) in [6, 6.07) is 18.6. The monoisotopic (exact) mass is 252 g/mol. The van der Waals surface area contributed by atoms with Crippen molar-refractivity contribution >= 4 is 11.8 Å². The van der Waals surface area contributed by atoms with Gasteiger partial charge in [-0.25, -0.2) is 0 Å². The van der Waals surface area contributed by atoms with E-state index in [0.717, 1.165) is 5.69 Å². The van der Waals surface area contributed by atoms with Crippen LogP contribution in [0.2, 0.25) is 0 Å². The Morgan fingerprint density at radius 2 is 1.58 bits per heavy atom. The van der Waals surface area contributed by atoms with Gasteiger partial charge in [0.2, 0.25) is 0 Å². The van der Waals surface area contributed by atoms with Crippen molar-refractivity contribution in [2.24, 2.45) is 0 Å². The molecule has 0 aliphatic carbocycles. The van der Waals surface area contributed by atoms with Crippen LogP contribution >= 0.6 is 0 Å². The van der Waals surface area contributed by atoms with Crippen LogP contribution in [0, 0.1) is 0 Å². The van der Waals surface area contributed by atoms with E-state index in [-0.39, 0.29) is 0 Å². The molecule has 0 heterocycles. The van der Waals surface area contributed by atoms with Crippen LogP contribution in [-0.2, 0) is 0 Å². The van der Waals surface area contributed by atoms with Gasteiger partial charge in [0.25, 0.3) is 0 Å². The molecule has 0 aliphatic heterocycles. The van der Waals surface area contributed by atoms with Crippen LogP contribution in [0.15, 0.2) is 60.8 Å². The third kappa shape index (κ3) is 4.18. The van der Waals surface area contributed by atoms with Gasteiger partial charge in [0.15, 0.2) is 0 Å². The van der Waals surface area contributed by atoms with E-state index in [0.29, 0.717) is 5.92 Å². The number of rotatable bonds is 5. The van der Waals surface area contributed by atoms with Gasteiger partial charge >= 0.3 is 0 Å². The lowest BCUT2D eigenvalue weighted by Crippen LogP contribution is -2.13. The highest BCUT2D eigenvalue weighted by Crippen LogP contribution is 2.15. The summed E-state index contributed by atoms with van der Waals surface area (Å²) < 4.78 is 0. The molecule has 98 valence electrons. The Hall–Kier alpha value is -2.22. The minimum absolute atomic E-state index is 0.580. The Balaban J connectivity index is 1.85. The Kier molecular flexibility index (Phi) is 4.62. The maximum absolute atomic E-state index is 3.11. The van der Waals surface area contributed by atoms with Gasteiger partial charge in [-0.3, -0.25) is 0 Å². The lowest BCUT2D eigenvalue weighted by atomic mass is 10.0. The average molecular weight is 252 g/mol. The molecule has 0 saturated carbocycles. The lowest BCUT2D eigenvalue weighted by Gasteiger charge is -2.06. The van der Waals surface area contributed by atoms with Crippen molar-refractivity contribution in [2.75, 3.05) is 5.43 Å². The van der Waals surface area contributed by atoms with Crippen molar-refractivity contribution in [2.45, 2.75) is 19.8 Å². The molecule has 2 rings (SSSR count). The maximum Gasteiger partial charge on any atom is 0.0539 e. The van der Waals surface area contributed by atoms with Gasteiger partial charge in [-0.15, -0.1) is 0 Å². The van der Waals surface area contributed by atoms with Gasteiger partial charge in [0.05, 0.1) is 5.69 Å². The first-order valence-corrected chi connectivity index (χ1v) is 6.59. The fourth-order valence-electron chi connectivity index (χ4n) is 1.78. The fourth-order valence-corrected chi connectivity index (χ4v) is 1.78. The molecule has 0 unspecified atom stereocenters. The van der Waals surface area contributed by atoms with E-state index < -0.39 is 0 Å². The van der Waals surface area contributed by atoms with Gasteiger partial charge in [0, 0.05) is 6.20 Å². The molecule has 0 atom stereocenters. The number of nitrogens with one attached hydrogen (secondary N) is 2. The largest absolute Gasteiger partial charge is 0.308 e. The minimum atomic E-state index is 0.580. The number of hydrogen-bond donors (Lipinski definition) is 2. The standard InChI is InChI=1S/C17H20N2/c1-14(2)16-10-8-15(9-11-16)12-13-18-19-17-6-4-3-5-7-17/h3-14,18-19H,1-2H3. The van der Waals surface area contributed by atoms with Crippen LogP contribution in [0.3, 0.4) is 0 Å². The minimum Gasteiger partial charge on any atom is -0.308 e. The van der Waals surface area contributed by atoms with E-state index in [9.17, 15) is 0 Å². The predicted octanol–water partition coefficient (Wildman–Crippen LogP) is 4.40. The van der Waals surface area contributed by atoms with E-state index in [1.165, 1.54) is 11.1 Å². The van der Waals surface area contributed by atoms with Crippen molar-refractivity contribution < 1.29 is 0 Å². The number of hydrazine groups is 1. The lowest BCUT2D eigenvalue weighted by molar-refractivity contribution is 0.866. The predicted molar refractivity (Wildman–Crippen MR) is 82.8 cm³/mol. The molecule has 2 aromatic rings. The molecule has 0 bridgehead atoms. The van der Waals surface area contributed by atoms with Crippen LogP contribution in [0.1, 0.15) is 30.9 Å². The smallest absolute Gasteiger partial charge is 0.0539 e. The molecule has 0 fully saturated rings. The molecular formula is C17H20N2. The summed E-state index contributed by atoms with van der Waals surface area (Å²) in [5.41, 5.74) is 9.76. The Morgan fingerprint density at radius 3 is 2.21 bits per heavy atom. The molecule has 19 heavy (non-hydrogen) atoms. The molecule has 0 amide bonds. The van der Waals surface area contributed by atoms with Crippen molar-refractivity contribution in [3.63, 3.8) is 0 Å². The summed E-state index contributed by atoms with van der Waals surface area (Å²) in [5, 5.41) is 0. The maximum atomic E-state index is 3.11. The summed E-state index contributed by atoms with van der Waals surface area (Å²) in [6.07, 6.45) is 3.94. The van der Waals surface area contributed by atoms with Crippen LogP contribution < -0.4 is 10.9 Å². The molecule has 0 aliphatic rings. The van der Waals surface area contributed by atoms with Gasteiger partial charge in [-0.1, -0.05) is 56.3 Å². The van der Waals surface area contributed by atoms with Crippen LogP contribution in [0.5, 0.6) is 0 Å². The summed E-state index contributed by atoms with van der Waals surface area (Å²) in [5.74, 6) is 0.580. The van der Waals surface area contributed by atoms with E-state index >= 15 is 0 Å². The molecule has 0 spiro atoms. The average Bonchev–Trinajstić information content (AvgIpc) is 2.45. The molecular weight excluding hydrogens is 232 g/mol. The summed E-state index contributed by atoms with van der Waals surface area (Å²) in [6.45, 7) is 4.41. The second-order valence-corrected chi connectivity index (χ2v) is 4.79. The van der Waals surface area contributed by atoms with E-state index in [1.807, 2.05) is 42.6 Å². The third-order valence-corrected chi connectivity index (χ3v) is 2.95. The van der Waals surface area contributed by atoms with E-state index in [2.05, 4.69) is 49.0 Å².